The number of hydrogen-bond acceptors (Lipinski definition) is 2. The van der Waals surface area contributed by atoms with E-state index in [1.54, 1.807) is 0 Å². The van der Waals surface area contributed by atoms with Crippen LogP contribution in [0.4, 0.5) is 0 Å². The average molecular weight is 259 g/mol. The van der Waals surface area contributed by atoms with Gasteiger partial charge >= 0.3 is 0 Å². The van der Waals surface area contributed by atoms with Crippen molar-refractivity contribution < 1.29 is 9.90 Å². The second-order valence-electron chi connectivity index (χ2n) is 5.74. The van der Waals surface area contributed by atoms with Crippen LogP contribution in [0.25, 0.3) is 0 Å². The van der Waals surface area contributed by atoms with Crippen molar-refractivity contribution in [2.75, 3.05) is 6.61 Å². The van der Waals surface area contributed by atoms with E-state index >= 15 is 0 Å². The van der Waals surface area contributed by atoms with Gasteiger partial charge in [0.1, 0.15) is 0 Å². The lowest BCUT2D eigenvalue weighted by molar-refractivity contribution is 0.0544. The van der Waals surface area contributed by atoms with Crippen molar-refractivity contribution in [2.45, 2.75) is 44.7 Å². The Labute approximate surface area is 114 Å². The van der Waals surface area contributed by atoms with Crippen LogP contribution in [0.15, 0.2) is 24.3 Å². The summed E-state index contributed by atoms with van der Waals surface area (Å²) in [5.74, 6) is 0.404. The first-order chi connectivity index (χ1) is 9.31. The second-order valence-corrected chi connectivity index (χ2v) is 5.74. The van der Waals surface area contributed by atoms with Gasteiger partial charge in [0, 0.05) is 30.7 Å². The first-order valence-electron chi connectivity index (χ1n) is 7.31. The molecule has 1 aliphatic heterocycles. The molecule has 0 radical (unpaired) electrons. The molecule has 2 atom stereocenters. The quantitative estimate of drug-likeness (QED) is 0.829. The van der Waals surface area contributed by atoms with Crippen LogP contribution in [-0.4, -0.2) is 28.6 Å². The van der Waals surface area contributed by atoms with E-state index in [2.05, 4.69) is 0 Å². The van der Waals surface area contributed by atoms with Gasteiger partial charge in [-0.15, -0.1) is 0 Å². The van der Waals surface area contributed by atoms with Gasteiger partial charge in [-0.3, -0.25) is 4.79 Å². The lowest BCUT2D eigenvalue weighted by atomic mass is 9.94. The zero-order valence-electron chi connectivity index (χ0n) is 11.2. The number of rotatable bonds is 2. The predicted octanol–water partition coefficient (Wildman–Crippen LogP) is 2.58. The molecule has 0 spiro atoms. The van der Waals surface area contributed by atoms with Gasteiger partial charge in [0.15, 0.2) is 0 Å². The molecule has 1 saturated carbocycles. The Hall–Kier alpha value is -1.35. The number of carbonyl (C=O) groups excluding carboxylic acids is 1. The minimum atomic E-state index is 0.154. The Kier molecular flexibility index (Phi) is 3.56. The summed E-state index contributed by atoms with van der Waals surface area (Å²) in [4.78, 5) is 14.5. The maximum atomic E-state index is 12.5. The first-order valence-corrected chi connectivity index (χ1v) is 7.31. The monoisotopic (exact) mass is 259 g/mol. The largest absolute Gasteiger partial charge is 0.396 e. The number of hydrogen-bond donors (Lipinski definition) is 1. The van der Waals surface area contributed by atoms with Crippen LogP contribution < -0.4 is 0 Å². The van der Waals surface area contributed by atoms with E-state index in [0.29, 0.717) is 0 Å². The van der Waals surface area contributed by atoms with Crippen molar-refractivity contribution in [3.8, 4) is 0 Å². The summed E-state index contributed by atoms with van der Waals surface area (Å²) in [6, 6.07) is 8.09. The molecule has 1 N–H and O–H groups in total. The number of carbonyl (C=O) groups is 1. The highest BCUT2D eigenvalue weighted by Crippen LogP contribution is 2.33. The molecular weight excluding hydrogens is 238 g/mol. The van der Waals surface area contributed by atoms with E-state index in [9.17, 15) is 9.90 Å². The predicted molar refractivity (Wildman–Crippen MR) is 73.8 cm³/mol. The van der Waals surface area contributed by atoms with Crippen molar-refractivity contribution in [3.05, 3.63) is 35.4 Å². The highest BCUT2D eigenvalue weighted by atomic mass is 16.3. The van der Waals surface area contributed by atoms with Crippen LogP contribution in [0.1, 0.15) is 48.0 Å². The fraction of sp³-hybridized carbons (Fsp3) is 0.562. The molecule has 2 unspecified atom stereocenters. The van der Waals surface area contributed by atoms with Crippen molar-refractivity contribution in [3.63, 3.8) is 0 Å². The number of nitrogens with zero attached hydrogens (tertiary/aromatic N) is 1. The molecule has 2 aliphatic rings. The van der Waals surface area contributed by atoms with E-state index in [1.807, 2.05) is 29.2 Å². The van der Waals surface area contributed by atoms with Gasteiger partial charge in [-0.2, -0.15) is 0 Å². The third-order valence-corrected chi connectivity index (χ3v) is 4.60. The zero-order chi connectivity index (χ0) is 13.2. The third kappa shape index (κ3) is 2.27. The Balaban J connectivity index is 1.85. The Morgan fingerprint density at radius 1 is 1.16 bits per heavy atom. The SMILES string of the molecule is O=C1c2ccccc2CN1C1CCCCCC1CO. The van der Waals surface area contributed by atoms with Crippen molar-refractivity contribution in [2.24, 2.45) is 5.92 Å². The second kappa shape index (κ2) is 5.33. The standard InChI is InChI=1S/C16H21NO2/c18-11-13-7-2-1-3-9-15(13)17-10-12-6-4-5-8-14(12)16(17)19/h4-6,8,13,15,18H,1-3,7,9-11H2. The molecule has 0 aromatic heterocycles. The number of aliphatic hydroxyl groups is 1. The molecule has 1 aromatic carbocycles. The molecule has 1 amide bonds. The number of fused-ring (bicyclic) bond motifs is 1. The van der Waals surface area contributed by atoms with Crippen LogP contribution >= 0.6 is 0 Å². The van der Waals surface area contributed by atoms with Gasteiger partial charge in [-0.25, -0.2) is 0 Å². The fourth-order valence-corrected chi connectivity index (χ4v) is 3.53. The van der Waals surface area contributed by atoms with Gasteiger partial charge in [0.2, 0.25) is 0 Å². The topological polar surface area (TPSA) is 40.5 Å². The number of benzene rings is 1. The summed E-state index contributed by atoms with van der Waals surface area (Å²) in [6.45, 7) is 0.918. The lowest BCUT2D eigenvalue weighted by Crippen LogP contribution is -2.41. The maximum absolute atomic E-state index is 12.5. The Bertz CT molecular complexity index is 472. The van der Waals surface area contributed by atoms with Crippen LogP contribution in [0.5, 0.6) is 0 Å². The van der Waals surface area contributed by atoms with E-state index in [1.165, 1.54) is 19.3 Å². The summed E-state index contributed by atoms with van der Waals surface area (Å²) in [5.41, 5.74) is 1.98. The molecule has 3 rings (SSSR count). The fourth-order valence-electron chi connectivity index (χ4n) is 3.53. The van der Waals surface area contributed by atoms with E-state index in [0.717, 1.165) is 30.5 Å². The first kappa shape index (κ1) is 12.7. The van der Waals surface area contributed by atoms with Crippen molar-refractivity contribution in [1.29, 1.82) is 0 Å². The summed E-state index contributed by atoms with van der Waals surface area (Å²) >= 11 is 0. The molecule has 102 valence electrons. The molecular formula is C16H21NO2. The molecule has 1 fully saturated rings. The van der Waals surface area contributed by atoms with Gasteiger partial charge < -0.3 is 10.0 Å². The minimum Gasteiger partial charge on any atom is -0.396 e. The van der Waals surface area contributed by atoms with Gasteiger partial charge in [-0.05, 0) is 24.5 Å². The third-order valence-electron chi connectivity index (χ3n) is 4.60. The van der Waals surface area contributed by atoms with Crippen molar-refractivity contribution >= 4 is 5.91 Å². The summed E-state index contributed by atoms with van der Waals surface area (Å²) in [5, 5.41) is 9.61. The van der Waals surface area contributed by atoms with Crippen LogP contribution in [0, 0.1) is 5.92 Å². The van der Waals surface area contributed by atoms with Gasteiger partial charge in [0.05, 0.1) is 0 Å². The van der Waals surface area contributed by atoms with E-state index in [-0.39, 0.29) is 24.5 Å². The molecule has 1 heterocycles. The molecule has 0 saturated heterocycles. The molecule has 19 heavy (non-hydrogen) atoms. The van der Waals surface area contributed by atoms with E-state index < -0.39 is 0 Å². The highest BCUT2D eigenvalue weighted by molar-refractivity contribution is 5.98. The minimum absolute atomic E-state index is 0.154. The maximum Gasteiger partial charge on any atom is 0.254 e. The molecule has 3 nitrogen and oxygen atoms in total. The van der Waals surface area contributed by atoms with Crippen LogP contribution in [0.2, 0.25) is 0 Å². The molecule has 1 aliphatic carbocycles. The number of aliphatic hydroxyl groups excluding tert-OH is 1. The highest BCUT2D eigenvalue weighted by Gasteiger charge is 2.36. The lowest BCUT2D eigenvalue weighted by Gasteiger charge is -2.32. The molecule has 0 bridgehead atoms. The number of amides is 1. The summed E-state index contributed by atoms with van der Waals surface area (Å²) in [6.07, 6.45) is 5.65. The van der Waals surface area contributed by atoms with Crippen LogP contribution in [-0.2, 0) is 6.54 Å². The van der Waals surface area contributed by atoms with Gasteiger partial charge in [0.25, 0.3) is 5.91 Å². The average Bonchev–Trinajstić information content (AvgIpc) is 2.64. The zero-order valence-corrected chi connectivity index (χ0v) is 11.2. The van der Waals surface area contributed by atoms with Crippen LogP contribution in [0.3, 0.4) is 0 Å². The smallest absolute Gasteiger partial charge is 0.254 e. The Morgan fingerprint density at radius 2 is 1.95 bits per heavy atom. The van der Waals surface area contributed by atoms with Crippen molar-refractivity contribution in [1.82, 2.24) is 4.90 Å². The summed E-state index contributed by atoms with van der Waals surface area (Å²) in [7, 11) is 0. The molecule has 1 aromatic rings. The summed E-state index contributed by atoms with van der Waals surface area (Å²) < 4.78 is 0. The van der Waals surface area contributed by atoms with Gasteiger partial charge in [-0.1, -0.05) is 37.5 Å². The Morgan fingerprint density at radius 3 is 2.74 bits per heavy atom. The molecule has 3 heteroatoms. The normalized spacial score (nSPS) is 27.2. The van der Waals surface area contributed by atoms with E-state index in [4.69, 9.17) is 0 Å².